The number of nitrogens with zero attached hydrogens (tertiary/aromatic N) is 2. The van der Waals surface area contributed by atoms with E-state index in [1.54, 1.807) is 30.7 Å². The van der Waals surface area contributed by atoms with Gasteiger partial charge in [-0.15, -0.1) is 0 Å². The standard InChI is InChI=1S/C17H22N2O6.ClH/c1-9-10(2)19(23)17(18(9)3)12(8-15(20)21)11-6-13(24-4)16(22)14(7-11)25-5;/h6-7,12H,8H2,1-5H3,(H2-,20,21,22,23);1H. The molecule has 2 aromatic rings. The van der Waals surface area contributed by atoms with Crippen molar-refractivity contribution < 1.29 is 46.7 Å². The van der Waals surface area contributed by atoms with Gasteiger partial charge in [-0.05, 0) is 22.4 Å². The molecule has 0 saturated heterocycles. The predicted molar refractivity (Wildman–Crippen MR) is 87.6 cm³/mol. The molecular formula is C17H23ClN2O6. The number of phenols is 1. The molecule has 0 amide bonds. The van der Waals surface area contributed by atoms with Crippen LogP contribution in [0.1, 0.15) is 35.1 Å². The smallest absolute Gasteiger partial charge is 0.304 e. The number of halogens is 1. The molecule has 0 radical (unpaired) electrons. The minimum absolute atomic E-state index is 0. The Kier molecular flexibility index (Phi) is 6.74. The molecule has 0 spiro atoms. The summed E-state index contributed by atoms with van der Waals surface area (Å²) in [5, 5.41) is 29.9. The second-order valence-electron chi connectivity index (χ2n) is 5.82. The van der Waals surface area contributed by atoms with Gasteiger partial charge in [-0.2, -0.15) is 0 Å². The summed E-state index contributed by atoms with van der Waals surface area (Å²) in [7, 11) is 4.55. The molecule has 0 aliphatic rings. The second-order valence-corrected chi connectivity index (χ2v) is 5.82. The van der Waals surface area contributed by atoms with Gasteiger partial charge in [-0.25, -0.2) is 4.57 Å². The van der Waals surface area contributed by atoms with E-state index in [1.807, 2.05) is 6.92 Å². The van der Waals surface area contributed by atoms with E-state index >= 15 is 0 Å². The Morgan fingerprint density at radius 1 is 1.23 bits per heavy atom. The van der Waals surface area contributed by atoms with Crippen molar-refractivity contribution in [2.24, 2.45) is 7.05 Å². The van der Waals surface area contributed by atoms with Gasteiger partial charge in [-0.1, -0.05) is 0 Å². The quantitative estimate of drug-likeness (QED) is 0.412. The maximum Gasteiger partial charge on any atom is 0.304 e. The number of carbonyl (C=O) groups is 1. The van der Waals surface area contributed by atoms with Gasteiger partial charge in [0, 0.05) is 13.8 Å². The Bertz CT molecular complexity index is 768. The maximum absolute atomic E-state index is 11.4. The first-order valence-corrected chi connectivity index (χ1v) is 7.66. The summed E-state index contributed by atoms with van der Waals surface area (Å²) in [6, 6.07) is 3.09. The minimum atomic E-state index is -1.02. The van der Waals surface area contributed by atoms with Gasteiger partial charge in [0.1, 0.15) is 11.6 Å². The van der Waals surface area contributed by atoms with Gasteiger partial charge in [0.15, 0.2) is 17.2 Å². The first kappa shape index (κ1) is 21.4. The van der Waals surface area contributed by atoms with Gasteiger partial charge in [0.25, 0.3) is 0 Å². The summed E-state index contributed by atoms with van der Waals surface area (Å²) in [5.41, 5.74) is 1.97. The zero-order chi connectivity index (χ0) is 18.9. The van der Waals surface area contributed by atoms with E-state index in [9.17, 15) is 20.2 Å². The molecule has 1 heterocycles. The molecule has 0 bridgehead atoms. The van der Waals surface area contributed by atoms with E-state index in [0.29, 0.717) is 17.1 Å². The average molecular weight is 387 g/mol. The molecule has 1 aromatic heterocycles. The maximum atomic E-state index is 11.4. The van der Waals surface area contributed by atoms with Crippen LogP contribution in [0.3, 0.4) is 0 Å². The van der Waals surface area contributed by atoms with Crippen molar-refractivity contribution in [3.63, 3.8) is 0 Å². The number of aliphatic carboxylic acids is 1. The lowest BCUT2D eigenvalue weighted by Gasteiger charge is -2.16. The normalized spacial score (nSPS) is 11.6. The third-order valence-corrected chi connectivity index (χ3v) is 4.50. The zero-order valence-electron chi connectivity index (χ0n) is 15.3. The fourth-order valence-electron chi connectivity index (χ4n) is 2.91. The average Bonchev–Trinajstić information content (AvgIpc) is 2.76. The molecule has 1 aromatic carbocycles. The Morgan fingerprint density at radius 2 is 1.73 bits per heavy atom. The molecule has 0 fully saturated rings. The molecule has 0 aliphatic carbocycles. The third kappa shape index (κ3) is 3.65. The van der Waals surface area contributed by atoms with Crippen LogP contribution in [-0.4, -0.2) is 40.3 Å². The highest BCUT2D eigenvalue weighted by Crippen LogP contribution is 2.41. The fourth-order valence-corrected chi connectivity index (χ4v) is 2.91. The summed E-state index contributed by atoms with van der Waals surface area (Å²) in [5.74, 6) is -1.13. The van der Waals surface area contributed by atoms with E-state index < -0.39 is 11.9 Å². The van der Waals surface area contributed by atoms with Gasteiger partial charge < -0.3 is 37.3 Å². The number of rotatable bonds is 6. The summed E-state index contributed by atoms with van der Waals surface area (Å²) in [4.78, 5) is 11.4. The molecule has 2 rings (SSSR count). The highest BCUT2D eigenvalue weighted by molar-refractivity contribution is 5.69. The number of ether oxygens (including phenoxy) is 2. The lowest BCUT2D eigenvalue weighted by atomic mass is 9.94. The SMILES string of the molecule is COc1cc(C(CC(=O)O)c2n(O)c(C)c(C)[n+]2C)cc(OC)c1O.[Cl-]. The van der Waals surface area contributed by atoms with Crippen LogP contribution >= 0.6 is 0 Å². The summed E-state index contributed by atoms with van der Waals surface area (Å²) in [6.07, 6.45) is -0.256. The first-order valence-electron chi connectivity index (χ1n) is 7.66. The van der Waals surface area contributed by atoms with E-state index in [0.717, 1.165) is 10.4 Å². The van der Waals surface area contributed by atoms with Crippen LogP contribution in [0.5, 0.6) is 17.2 Å². The van der Waals surface area contributed by atoms with E-state index in [2.05, 4.69) is 0 Å². The van der Waals surface area contributed by atoms with Gasteiger partial charge in [0.2, 0.25) is 5.75 Å². The number of imidazole rings is 1. The molecule has 1 unspecified atom stereocenters. The Labute approximate surface area is 157 Å². The molecule has 8 nitrogen and oxygen atoms in total. The Hall–Kier alpha value is -2.61. The van der Waals surface area contributed by atoms with Crippen molar-refractivity contribution in [1.82, 2.24) is 4.73 Å². The van der Waals surface area contributed by atoms with Crippen LogP contribution in [0, 0.1) is 13.8 Å². The molecular weight excluding hydrogens is 364 g/mol. The third-order valence-electron chi connectivity index (χ3n) is 4.50. The van der Waals surface area contributed by atoms with Crippen LogP contribution in [0.15, 0.2) is 12.1 Å². The Morgan fingerprint density at radius 3 is 2.08 bits per heavy atom. The number of aromatic nitrogens is 2. The van der Waals surface area contributed by atoms with Crippen molar-refractivity contribution in [3.05, 3.63) is 34.9 Å². The minimum Gasteiger partial charge on any atom is -1.00 e. The second kappa shape index (κ2) is 8.18. The lowest BCUT2D eigenvalue weighted by molar-refractivity contribution is -0.686. The lowest BCUT2D eigenvalue weighted by Crippen LogP contribution is -3.00. The van der Waals surface area contributed by atoms with Crippen LogP contribution < -0.4 is 26.4 Å². The molecule has 0 aliphatic heterocycles. The highest BCUT2D eigenvalue weighted by atomic mass is 35.5. The van der Waals surface area contributed by atoms with E-state index in [4.69, 9.17) is 9.47 Å². The van der Waals surface area contributed by atoms with Gasteiger partial charge in [0.05, 0.1) is 27.7 Å². The summed E-state index contributed by atoms with van der Waals surface area (Å²) >= 11 is 0. The molecule has 144 valence electrons. The monoisotopic (exact) mass is 386 g/mol. The number of aromatic hydroxyl groups is 1. The van der Waals surface area contributed by atoms with Crippen LogP contribution in [0.4, 0.5) is 0 Å². The number of benzene rings is 1. The van der Waals surface area contributed by atoms with Crippen LogP contribution in [0.25, 0.3) is 0 Å². The summed E-state index contributed by atoms with van der Waals surface area (Å²) < 4.78 is 13.0. The molecule has 0 saturated carbocycles. The number of hydrogen-bond donors (Lipinski definition) is 3. The van der Waals surface area contributed by atoms with Crippen molar-refractivity contribution in [1.29, 1.82) is 0 Å². The van der Waals surface area contributed by atoms with E-state index in [-0.39, 0.29) is 36.1 Å². The highest BCUT2D eigenvalue weighted by Gasteiger charge is 2.35. The van der Waals surface area contributed by atoms with E-state index in [1.165, 1.54) is 14.2 Å². The molecule has 1 atom stereocenters. The fraction of sp³-hybridized carbons (Fsp3) is 0.412. The van der Waals surface area contributed by atoms with Crippen LogP contribution in [0.2, 0.25) is 0 Å². The van der Waals surface area contributed by atoms with Crippen molar-refractivity contribution >= 4 is 5.97 Å². The van der Waals surface area contributed by atoms with Crippen molar-refractivity contribution in [3.8, 4) is 17.2 Å². The Balaban J connectivity index is 0.00000338. The van der Waals surface area contributed by atoms with Gasteiger partial charge >= 0.3 is 11.8 Å². The summed E-state index contributed by atoms with van der Waals surface area (Å²) in [6.45, 7) is 3.58. The number of methoxy groups -OCH3 is 2. The number of carboxylic acid groups (broad SMARTS) is 1. The van der Waals surface area contributed by atoms with Crippen molar-refractivity contribution in [2.75, 3.05) is 14.2 Å². The number of carboxylic acids is 1. The van der Waals surface area contributed by atoms with Crippen LogP contribution in [-0.2, 0) is 11.8 Å². The first-order chi connectivity index (χ1) is 11.7. The molecule has 3 N–H and O–H groups in total. The topological polar surface area (TPSA) is 105 Å². The molecule has 9 heteroatoms. The predicted octanol–water partition coefficient (Wildman–Crippen LogP) is -1.50. The van der Waals surface area contributed by atoms with Crippen molar-refractivity contribution in [2.45, 2.75) is 26.2 Å². The van der Waals surface area contributed by atoms with Gasteiger partial charge in [-0.3, -0.25) is 4.79 Å². The zero-order valence-corrected chi connectivity index (χ0v) is 16.0. The number of hydrogen-bond acceptors (Lipinski definition) is 5. The number of phenolic OH excluding ortho intramolecular Hbond substituents is 1. The molecule has 26 heavy (non-hydrogen) atoms. The largest absolute Gasteiger partial charge is 1.00 e.